The van der Waals surface area contributed by atoms with Gasteiger partial charge in [0.25, 0.3) is 5.91 Å². The largest absolute Gasteiger partial charge is 0.494 e. The van der Waals surface area contributed by atoms with Gasteiger partial charge in [-0.3, -0.25) is 4.79 Å². The number of imidazole rings is 1. The fourth-order valence-electron chi connectivity index (χ4n) is 3.09. The molecule has 144 valence electrons. The van der Waals surface area contributed by atoms with Crippen molar-refractivity contribution in [2.75, 3.05) is 11.9 Å². The van der Waals surface area contributed by atoms with Gasteiger partial charge in [-0.1, -0.05) is 60.7 Å². The van der Waals surface area contributed by atoms with Crippen LogP contribution in [0.5, 0.6) is 5.75 Å². The third-order valence-electron chi connectivity index (χ3n) is 4.45. The van der Waals surface area contributed by atoms with Gasteiger partial charge in [0.05, 0.1) is 18.0 Å². The number of ether oxygens (including phenoxy) is 1. The molecule has 0 spiro atoms. The van der Waals surface area contributed by atoms with E-state index in [1.54, 1.807) is 0 Å². The van der Waals surface area contributed by atoms with Crippen LogP contribution in [0, 0.1) is 0 Å². The number of hydrogen-bond acceptors (Lipinski definition) is 3. The highest BCUT2D eigenvalue weighted by molar-refractivity contribution is 6.03. The van der Waals surface area contributed by atoms with Crippen LogP contribution in [-0.4, -0.2) is 22.5 Å². The van der Waals surface area contributed by atoms with Crippen LogP contribution in [0.1, 0.15) is 17.5 Å². The zero-order valence-electron chi connectivity index (χ0n) is 16.1. The van der Waals surface area contributed by atoms with Gasteiger partial charge in [-0.2, -0.15) is 0 Å². The second-order valence-electron chi connectivity index (χ2n) is 6.45. The Kier molecular flexibility index (Phi) is 5.38. The Morgan fingerprint density at radius 1 is 0.897 bits per heavy atom. The maximum absolute atomic E-state index is 12.8. The molecule has 0 atom stereocenters. The van der Waals surface area contributed by atoms with Crippen molar-refractivity contribution in [3.05, 3.63) is 90.8 Å². The lowest BCUT2D eigenvalue weighted by Crippen LogP contribution is -2.13. The van der Waals surface area contributed by atoms with Crippen molar-refractivity contribution in [2.45, 2.75) is 6.92 Å². The Balaban J connectivity index is 1.65. The first-order chi connectivity index (χ1) is 14.2. The maximum atomic E-state index is 12.8. The molecule has 0 aliphatic carbocycles. The summed E-state index contributed by atoms with van der Waals surface area (Å²) in [7, 11) is 0. The van der Waals surface area contributed by atoms with Crippen LogP contribution in [0.15, 0.2) is 84.9 Å². The number of carbonyl (C=O) groups is 1. The van der Waals surface area contributed by atoms with Crippen molar-refractivity contribution in [1.82, 2.24) is 9.97 Å². The van der Waals surface area contributed by atoms with Crippen molar-refractivity contribution in [3.63, 3.8) is 0 Å². The van der Waals surface area contributed by atoms with Gasteiger partial charge < -0.3 is 15.0 Å². The average molecular weight is 383 g/mol. The molecule has 4 rings (SSSR count). The Morgan fingerprint density at radius 2 is 1.52 bits per heavy atom. The molecule has 0 bridgehead atoms. The van der Waals surface area contributed by atoms with Crippen LogP contribution in [0.25, 0.3) is 22.5 Å². The van der Waals surface area contributed by atoms with Crippen molar-refractivity contribution >= 4 is 11.6 Å². The Hall–Kier alpha value is -3.86. The van der Waals surface area contributed by atoms with Crippen molar-refractivity contribution in [1.29, 1.82) is 0 Å². The summed E-state index contributed by atoms with van der Waals surface area (Å²) in [5.74, 6) is 0.728. The quantitative estimate of drug-likeness (QED) is 0.469. The number of rotatable bonds is 6. The van der Waals surface area contributed by atoms with E-state index in [1.165, 1.54) is 0 Å². The summed E-state index contributed by atoms with van der Waals surface area (Å²) in [6, 6.07) is 27.0. The molecule has 0 aliphatic rings. The second-order valence-corrected chi connectivity index (χ2v) is 6.45. The maximum Gasteiger partial charge on any atom is 0.291 e. The first-order valence-electron chi connectivity index (χ1n) is 9.49. The fraction of sp³-hybridized carbons (Fsp3) is 0.0833. The van der Waals surface area contributed by atoms with Crippen LogP contribution in [-0.2, 0) is 0 Å². The molecule has 4 aromatic rings. The lowest BCUT2D eigenvalue weighted by Gasteiger charge is -2.05. The molecule has 0 saturated carbocycles. The van der Waals surface area contributed by atoms with E-state index in [1.807, 2.05) is 91.9 Å². The molecule has 29 heavy (non-hydrogen) atoms. The number of carbonyl (C=O) groups excluding carboxylic acids is 1. The number of benzene rings is 3. The van der Waals surface area contributed by atoms with Crippen molar-refractivity contribution in [3.8, 4) is 28.3 Å². The summed E-state index contributed by atoms with van der Waals surface area (Å²) in [5, 5.41) is 2.88. The average Bonchev–Trinajstić information content (AvgIpc) is 3.22. The predicted molar refractivity (Wildman–Crippen MR) is 115 cm³/mol. The highest BCUT2D eigenvalue weighted by atomic mass is 16.5. The van der Waals surface area contributed by atoms with E-state index in [2.05, 4.69) is 15.3 Å². The summed E-state index contributed by atoms with van der Waals surface area (Å²) in [4.78, 5) is 20.6. The van der Waals surface area contributed by atoms with E-state index >= 15 is 0 Å². The number of aromatic amines is 1. The highest BCUT2D eigenvalue weighted by Crippen LogP contribution is 2.30. The smallest absolute Gasteiger partial charge is 0.291 e. The number of hydrogen-bond donors (Lipinski definition) is 2. The lowest BCUT2D eigenvalue weighted by molar-refractivity contribution is 0.101. The number of aromatic nitrogens is 2. The van der Waals surface area contributed by atoms with Crippen LogP contribution in [0.3, 0.4) is 0 Å². The lowest BCUT2D eigenvalue weighted by atomic mass is 10.1. The van der Waals surface area contributed by atoms with E-state index in [4.69, 9.17) is 4.74 Å². The van der Waals surface area contributed by atoms with Crippen LogP contribution in [0.4, 0.5) is 5.69 Å². The zero-order valence-corrected chi connectivity index (χ0v) is 16.1. The number of anilines is 1. The highest BCUT2D eigenvalue weighted by Gasteiger charge is 2.18. The Bertz CT molecular complexity index is 1030. The van der Waals surface area contributed by atoms with E-state index in [9.17, 15) is 4.79 Å². The predicted octanol–water partition coefficient (Wildman–Crippen LogP) is 5.39. The van der Waals surface area contributed by atoms with Gasteiger partial charge in [0.1, 0.15) is 5.75 Å². The molecule has 3 aromatic carbocycles. The number of nitrogens with zero attached hydrogens (tertiary/aromatic N) is 1. The molecule has 1 aromatic heterocycles. The van der Waals surface area contributed by atoms with Gasteiger partial charge in [0.2, 0.25) is 0 Å². The van der Waals surface area contributed by atoms with Gasteiger partial charge in [-0.05, 0) is 31.2 Å². The van der Waals surface area contributed by atoms with Gasteiger partial charge in [0.15, 0.2) is 5.82 Å². The third kappa shape index (κ3) is 4.19. The van der Waals surface area contributed by atoms with Crippen LogP contribution >= 0.6 is 0 Å². The molecule has 5 nitrogen and oxygen atoms in total. The van der Waals surface area contributed by atoms with Crippen LogP contribution in [0.2, 0.25) is 0 Å². The first kappa shape index (κ1) is 18.5. The summed E-state index contributed by atoms with van der Waals surface area (Å²) < 4.78 is 5.44. The molecule has 0 aliphatic heterocycles. The monoisotopic (exact) mass is 383 g/mol. The van der Waals surface area contributed by atoms with Crippen LogP contribution < -0.4 is 10.1 Å². The van der Waals surface area contributed by atoms with Crippen molar-refractivity contribution < 1.29 is 9.53 Å². The summed E-state index contributed by atoms with van der Waals surface area (Å²) in [5.41, 5.74) is 4.15. The molecular formula is C24H21N3O2. The molecule has 0 saturated heterocycles. The standard InChI is InChI=1S/C24H21N3O2/c1-2-29-20-15-13-19(14-16-20)25-24(28)23-26-21(17-9-5-3-6-10-17)22(27-23)18-11-7-4-8-12-18/h3-16H,2H2,1H3,(H,25,28)(H,26,27). The molecule has 1 heterocycles. The topological polar surface area (TPSA) is 67.0 Å². The molecule has 1 amide bonds. The van der Waals surface area contributed by atoms with Gasteiger partial charge in [-0.25, -0.2) is 4.98 Å². The van der Waals surface area contributed by atoms with E-state index in [0.717, 1.165) is 28.3 Å². The Morgan fingerprint density at radius 3 is 2.14 bits per heavy atom. The minimum absolute atomic E-state index is 0.261. The molecule has 5 heteroatoms. The summed E-state index contributed by atoms with van der Waals surface area (Å²) in [6.07, 6.45) is 0. The van der Waals surface area contributed by atoms with Gasteiger partial charge >= 0.3 is 0 Å². The number of amides is 1. The van der Waals surface area contributed by atoms with Gasteiger partial charge in [-0.15, -0.1) is 0 Å². The Labute approximate surface area is 169 Å². The zero-order chi connectivity index (χ0) is 20.1. The second kappa shape index (κ2) is 8.44. The normalized spacial score (nSPS) is 10.5. The van der Waals surface area contributed by atoms with Crippen molar-refractivity contribution in [2.24, 2.45) is 0 Å². The molecule has 2 N–H and O–H groups in total. The molecular weight excluding hydrogens is 362 g/mol. The van der Waals surface area contributed by atoms with E-state index in [0.29, 0.717) is 12.3 Å². The molecule has 0 fully saturated rings. The first-order valence-corrected chi connectivity index (χ1v) is 9.49. The minimum atomic E-state index is -0.298. The molecule has 0 radical (unpaired) electrons. The van der Waals surface area contributed by atoms with Gasteiger partial charge in [0, 0.05) is 16.8 Å². The molecule has 0 unspecified atom stereocenters. The van der Waals surface area contributed by atoms with E-state index < -0.39 is 0 Å². The SMILES string of the molecule is CCOc1ccc(NC(=O)c2nc(-c3ccccc3)c(-c3ccccc3)[nH]2)cc1. The number of H-pyrrole nitrogens is 1. The minimum Gasteiger partial charge on any atom is -0.494 e. The third-order valence-corrected chi connectivity index (χ3v) is 4.45. The summed E-state index contributed by atoms with van der Waals surface area (Å²) >= 11 is 0. The number of nitrogens with one attached hydrogen (secondary N) is 2. The van der Waals surface area contributed by atoms with E-state index in [-0.39, 0.29) is 11.7 Å². The summed E-state index contributed by atoms with van der Waals surface area (Å²) in [6.45, 7) is 2.53. The fourth-order valence-corrected chi connectivity index (χ4v) is 3.09.